The van der Waals surface area contributed by atoms with Crippen molar-refractivity contribution < 1.29 is 37.9 Å². The molecule has 0 fully saturated rings. The molecule has 1 atom stereocenters. The largest absolute Gasteiger partial charge is 0.469 e. The minimum atomic E-state index is -4.79. The minimum absolute atomic E-state index is 0.0714. The number of hydrogen-bond acceptors (Lipinski definition) is 6. The molecular weight excluding hydrogens is 675 g/mol. The SMILES string of the molecule is CC/C=C/C/C=C/C/C=C/C/C=C/C/C=C/C/C=C/CCC(=O)O[C@H](COC(=O)CCCC/C=C/C/C=C/C/C=C/CCCCC)COP(=O)(O)O. The van der Waals surface area contributed by atoms with E-state index in [0.717, 1.165) is 70.6 Å². The number of unbranched alkanes of at least 4 members (excludes halogenated alkanes) is 5. The number of esters is 2. The minimum Gasteiger partial charge on any atom is -0.462 e. The molecule has 0 spiro atoms. The Morgan fingerprint density at radius 3 is 1.38 bits per heavy atom. The van der Waals surface area contributed by atoms with Gasteiger partial charge in [0.25, 0.3) is 0 Å². The molecule has 292 valence electrons. The number of carbonyl (C=O) groups excluding carboxylic acids is 2. The molecule has 0 heterocycles. The summed E-state index contributed by atoms with van der Waals surface area (Å²) in [5, 5.41) is 0. The van der Waals surface area contributed by atoms with Gasteiger partial charge in [-0.1, -0.05) is 136 Å². The standard InChI is InChI=1S/C43H67O8P/c1-3-5-7-9-11-13-15-17-19-20-21-22-24-26-28-30-32-34-36-38-43(45)51-41(40-50-52(46,47)48)39-49-42(44)37-35-33-31-29-27-25-23-18-16-14-12-10-8-6-4-2/h5,7,11-14,17-19,21-23,26-29,32,34,41H,3-4,6,8-10,15-16,20,24-25,30-31,33,35-40H2,1-2H3,(H2,46,47,48)/b7-5+,13-11+,14-12+,19-17+,22-21+,23-18+,28-26+,29-27+,34-32+/t41-/m1/s1. The van der Waals surface area contributed by atoms with Crippen LogP contribution in [0.25, 0.3) is 0 Å². The lowest BCUT2D eigenvalue weighted by atomic mass is 10.1. The third kappa shape index (κ3) is 39.5. The van der Waals surface area contributed by atoms with Crippen molar-refractivity contribution in [3.8, 4) is 0 Å². The van der Waals surface area contributed by atoms with Crippen molar-refractivity contribution in [3.63, 3.8) is 0 Å². The van der Waals surface area contributed by atoms with E-state index in [1.807, 2.05) is 12.2 Å². The van der Waals surface area contributed by atoms with Crippen LogP contribution in [0.4, 0.5) is 0 Å². The number of phosphoric ester groups is 1. The van der Waals surface area contributed by atoms with Gasteiger partial charge < -0.3 is 19.3 Å². The van der Waals surface area contributed by atoms with Gasteiger partial charge in [0.1, 0.15) is 6.61 Å². The number of rotatable bonds is 33. The van der Waals surface area contributed by atoms with Crippen molar-refractivity contribution in [2.24, 2.45) is 0 Å². The molecule has 0 unspecified atom stereocenters. The average molecular weight is 743 g/mol. The molecule has 0 aliphatic heterocycles. The molecule has 0 aromatic carbocycles. The number of hydrogen-bond donors (Lipinski definition) is 2. The van der Waals surface area contributed by atoms with E-state index >= 15 is 0 Å². The Balaban J connectivity index is 4.20. The van der Waals surface area contributed by atoms with Crippen LogP contribution in [0, 0.1) is 0 Å². The van der Waals surface area contributed by atoms with Gasteiger partial charge in [-0.05, 0) is 89.9 Å². The van der Waals surface area contributed by atoms with E-state index in [9.17, 15) is 14.2 Å². The summed E-state index contributed by atoms with van der Waals surface area (Å²) < 4.78 is 26.2. The summed E-state index contributed by atoms with van der Waals surface area (Å²) in [6, 6.07) is 0. The van der Waals surface area contributed by atoms with E-state index in [0.29, 0.717) is 12.8 Å². The predicted molar refractivity (Wildman–Crippen MR) is 216 cm³/mol. The van der Waals surface area contributed by atoms with Gasteiger partial charge in [0, 0.05) is 12.8 Å². The number of allylic oxidation sites excluding steroid dienone is 18. The van der Waals surface area contributed by atoms with Crippen LogP contribution in [0.2, 0.25) is 0 Å². The van der Waals surface area contributed by atoms with Crippen molar-refractivity contribution in [3.05, 3.63) is 109 Å². The fraction of sp³-hybridized carbons (Fsp3) is 0.535. The van der Waals surface area contributed by atoms with Crippen LogP contribution in [-0.2, 0) is 28.2 Å². The van der Waals surface area contributed by atoms with Crippen molar-refractivity contribution in [1.29, 1.82) is 0 Å². The molecule has 0 aromatic heterocycles. The molecule has 0 aliphatic carbocycles. The van der Waals surface area contributed by atoms with Gasteiger partial charge in [0.15, 0.2) is 6.10 Å². The first-order valence-corrected chi connectivity index (χ1v) is 20.7. The van der Waals surface area contributed by atoms with Crippen molar-refractivity contribution in [1.82, 2.24) is 0 Å². The summed E-state index contributed by atoms with van der Waals surface area (Å²) in [4.78, 5) is 42.7. The highest BCUT2D eigenvalue weighted by Crippen LogP contribution is 2.35. The maximum Gasteiger partial charge on any atom is 0.469 e. The summed E-state index contributed by atoms with van der Waals surface area (Å²) in [5.74, 6) is -1.04. The molecule has 2 N–H and O–H groups in total. The summed E-state index contributed by atoms with van der Waals surface area (Å²) in [7, 11) is -4.79. The highest BCUT2D eigenvalue weighted by atomic mass is 31.2. The molecule has 0 amide bonds. The first-order chi connectivity index (χ1) is 25.3. The van der Waals surface area contributed by atoms with Gasteiger partial charge in [-0.25, -0.2) is 4.57 Å². The fourth-order valence-corrected chi connectivity index (χ4v) is 4.82. The fourth-order valence-electron chi connectivity index (χ4n) is 4.46. The lowest BCUT2D eigenvalue weighted by Gasteiger charge is -2.18. The second kappa shape index (κ2) is 37.5. The van der Waals surface area contributed by atoms with E-state index in [4.69, 9.17) is 19.3 Å². The average Bonchev–Trinajstić information content (AvgIpc) is 3.11. The highest BCUT2D eigenvalue weighted by molar-refractivity contribution is 7.46. The molecule has 0 aliphatic rings. The Morgan fingerprint density at radius 2 is 0.942 bits per heavy atom. The summed E-state index contributed by atoms with van der Waals surface area (Å²) in [5.41, 5.74) is 0. The van der Waals surface area contributed by atoms with Gasteiger partial charge in [0.2, 0.25) is 0 Å². The summed E-state index contributed by atoms with van der Waals surface area (Å²) in [6.45, 7) is 3.42. The zero-order valence-corrected chi connectivity index (χ0v) is 32.8. The molecule has 0 rings (SSSR count). The van der Waals surface area contributed by atoms with Crippen LogP contribution in [0.5, 0.6) is 0 Å². The maximum atomic E-state index is 12.3. The molecule has 0 aromatic rings. The molecule has 8 nitrogen and oxygen atoms in total. The van der Waals surface area contributed by atoms with E-state index < -0.39 is 32.5 Å². The van der Waals surface area contributed by atoms with Gasteiger partial charge in [-0.2, -0.15) is 0 Å². The zero-order chi connectivity index (χ0) is 38.2. The topological polar surface area (TPSA) is 119 Å². The lowest BCUT2D eigenvalue weighted by Crippen LogP contribution is -2.29. The van der Waals surface area contributed by atoms with Crippen LogP contribution in [0.1, 0.15) is 129 Å². The quantitative estimate of drug-likeness (QED) is 0.0295. The van der Waals surface area contributed by atoms with E-state index in [-0.39, 0.29) is 19.4 Å². The Morgan fingerprint density at radius 1 is 0.519 bits per heavy atom. The Hall–Kier alpha value is -3.29. The van der Waals surface area contributed by atoms with Crippen LogP contribution in [0.3, 0.4) is 0 Å². The second-order valence-corrected chi connectivity index (χ2v) is 13.4. The Kier molecular flexibility index (Phi) is 35.1. The van der Waals surface area contributed by atoms with Gasteiger partial charge in [-0.15, -0.1) is 0 Å². The van der Waals surface area contributed by atoms with E-state index in [1.54, 1.807) is 0 Å². The third-order valence-electron chi connectivity index (χ3n) is 7.29. The van der Waals surface area contributed by atoms with Crippen molar-refractivity contribution in [2.45, 2.75) is 136 Å². The molecule has 0 radical (unpaired) electrons. The zero-order valence-electron chi connectivity index (χ0n) is 31.9. The predicted octanol–water partition coefficient (Wildman–Crippen LogP) is 11.6. The van der Waals surface area contributed by atoms with Gasteiger partial charge >= 0.3 is 19.8 Å². The second-order valence-electron chi connectivity index (χ2n) is 12.2. The van der Waals surface area contributed by atoms with E-state index in [2.05, 4.69) is 116 Å². The number of carbonyl (C=O) groups is 2. The van der Waals surface area contributed by atoms with E-state index in [1.165, 1.54) is 19.3 Å². The third-order valence-corrected chi connectivity index (χ3v) is 7.77. The van der Waals surface area contributed by atoms with Crippen LogP contribution in [0.15, 0.2) is 109 Å². The molecule has 0 bridgehead atoms. The maximum absolute atomic E-state index is 12.3. The van der Waals surface area contributed by atoms with Crippen molar-refractivity contribution in [2.75, 3.05) is 13.2 Å². The molecule has 0 saturated carbocycles. The monoisotopic (exact) mass is 742 g/mol. The lowest BCUT2D eigenvalue weighted by molar-refractivity contribution is -0.161. The first-order valence-electron chi connectivity index (χ1n) is 19.2. The smallest absolute Gasteiger partial charge is 0.462 e. The number of phosphoric acid groups is 1. The molecular formula is C43H67O8P. The molecule has 52 heavy (non-hydrogen) atoms. The Labute approximate surface area is 315 Å². The van der Waals surface area contributed by atoms with Gasteiger partial charge in [-0.3, -0.25) is 14.1 Å². The normalized spacial score (nSPS) is 13.7. The number of ether oxygens (including phenoxy) is 2. The van der Waals surface area contributed by atoms with Gasteiger partial charge in [0.05, 0.1) is 6.61 Å². The molecule has 0 saturated heterocycles. The van der Waals surface area contributed by atoms with Crippen LogP contribution >= 0.6 is 7.82 Å². The van der Waals surface area contributed by atoms with Crippen LogP contribution < -0.4 is 0 Å². The first kappa shape index (κ1) is 48.7. The summed E-state index contributed by atoms with van der Waals surface area (Å²) in [6.07, 6.45) is 52.5. The van der Waals surface area contributed by atoms with Crippen molar-refractivity contribution >= 4 is 19.8 Å². The van der Waals surface area contributed by atoms with Crippen LogP contribution in [-0.4, -0.2) is 41.0 Å². The Bertz CT molecular complexity index is 1200. The molecule has 9 heteroatoms. The summed E-state index contributed by atoms with van der Waals surface area (Å²) >= 11 is 0. The highest BCUT2D eigenvalue weighted by Gasteiger charge is 2.22.